The van der Waals surface area contributed by atoms with Crippen molar-refractivity contribution >= 4 is 11.6 Å². The zero-order valence-corrected chi connectivity index (χ0v) is 13.0. The second kappa shape index (κ2) is 8.17. The van der Waals surface area contributed by atoms with Gasteiger partial charge in [-0.3, -0.25) is 0 Å². The Morgan fingerprint density at radius 1 is 1.19 bits per heavy atom. The van der Waals surface area contributed by atoms with E-state index in [2.05, 4.69) is 16.9 Å². The van der Waals surface area contributed by atoms with Gasteiger partial charge in [0.25, 0.3) is 0 Å². The van der Waals surface area contributed by atoms with Gasteiger partial charge >= 0.3 is 0 Å². The predicted octanol–water partition coefficient (Wildman–Crippen LogP) is 3.59. The van der Waals surface area contributed by atoms with Crippen LogP contribution in [0.15, 0.2) is 34.9 Å². The normalized spacial score (nSPS) is 11.2. The number of rotatable bonds is 8. The highest BCUT2D eigenvalue weighted by Gasteiger charge is 2.08. The summed E-state index contributed by atoms with van der Waals surface area (Å²) < 4.78 is 5.52. The summed E-state index contributed by atoms with van der Waals surface area (Å²) in [7, 11) is 2.07. The third-order valence-electron chi connectivity index (χ3n) is 3.27. The molecule has 0 radical (unpaired) electrons. The summed E-state index contributed by atoms with van der Waals surface area (Å²) in [6.07, 6.45) is 4.71. The highest BCUT2D eigenvalue weighted by molar-refractivity contribution is 6.30. The molecule has 2 rings (SSSR count). The van der Waals surface area contributed by atoms with Gasteiger partial charge in [0, 0.05) is 23.7 Å². The second-order valence-electron chi connectivity index (χ2n) is 5.17. The Labute approximate surface area is 130 Å². The molecule has 1 aromatic carbocycles. The minimum atomic E-state index is 0.275. The Bertz CT molecular complexity index is 539. The third-order valence-corrected chi connectivity index (χ3v) is 3.52. The van der Waals surface area contributed by atoms with Crippen LogP contribution in [0.3, 0.4) is 0 Å². The Morgan fingerprint density at radius 2 is 1.95 bits per heavy atom. The van der Waals surface area contributed by atoms with Gasteiger partial charge in [0.1, 0.15) is 6.26 Å². The van der Waals surface area contributed by atoms with Crippen LogP contribution in [0.25, 0.3) is 11.5 Å². The molecule has 2 aromatic rings. The van der Waals surface area contributed by atoms with E-state index in [0.29, 0.717) is 10.9 Å². The van der Waals surface area contributed by atoms with Gasteiger partial charge in [-0.15, -0.1) is 0 Å². The molecule has 0 spiro atoms. The molecule has 1 N–H and O–H groups in total. The summed E-state index contributed by atoms with van der Waals surface area (Å²) in [5.41, 5.74) is 1.85. The maximum Gasteiger partial charge on any atom is 0.226 e. The average Bonchev–Trinajstić information content (AvgIpc) is 2.93. The smallest absolute Gasteiger partial charge is 0.226 e. The van der Waals surface area contributed by atoms with Crippen LogP contribution in [0.4, 0.5) is 0 Å². The van der Waals surface area contributed by atoms with Crippen molar-refractivity contribution in [2.75, 3.05) is 20.2 Å². The molecule has 4 nitrogen and oxygen atoms in total. The Morgan fingerprint density at radius 3 is 2.67 bits per heavy atom. The van der Waals surface area contributed by atoms with E-state index in [-0.39, 0.29) is 6.61 Å². The number of benzene rings is 1. The third kappa shape index (κ3) is 5.16. The molecule has 21 heavy (non-hydrogen) atoms. The van der Waals surface area contributed by atoms with Gasteiger partial charge in [0.05, 0.1) is 5.69 Å². The maximum atomic E-state index is 8.75. The summed E-state index contributed by atoms with van der Waals surface area (Å²) in [5.74, 6) is 0.621. The molecule has 0 saturated carbocycles. The first-order valence-corrected chi connectivity index (χ1v) is 7.56. The van der Waals surface area contributed by atoms with Crippen molar-refractivity contribution in [3.63, 3.8) is 0 Å². The SMILES string of the molecule is CN(CCCCCO)Cc1coc(-c2ccc(Cl)cc2)n1. The van der Waals surface area contributed by atoms with Crippen LogP contribution in [0, 0.1) is 0 Å². The number of aliphatic hydroxyl groups is 1. The fraction of sp³-hybridized carbons (Fsp3) is 0.438. The molecule has 0 atom stereocenters. The number of nitrogens with zero attached hydrogens (tertiary/aromatic N) is 2. The lowest BCUT2D eigenvalue weighted by Gasteiger charge is -2.14. The van der Waals surface area contributed by atoms with Crippen molar-refractivity contribution in [2.45, 2.75) is 25.8 Å². The zero-order valence-electron chi connectivity index (χ0n) is 12.3. The van der Waals surface area contributed by atoms with Gasteiger partial charge in [0.2, 0.25) is 5.89 Å². The summed E-state index contributed by atoms with van der Waals surface area (Å²) in [6.45, 7) is 2.02. The molecule has 0 aliphatic carbocycles. The van der Waals surface area contributed by atoms with Crippen LogP contribution in [0.1, 0.15) is 25.0 Å². The summed E-state index contributed by atoms with van der Waals surface area (Å²) in [6, 6.07) is 7.45. The number of aliphatic hydroxyl groups excluding tert-OH is 1. The molecular formula is C16H21ClN2O2. The van der Waals surface area contributed by atoms with E-state index < -0.39 is 0 Å². The van der Waals surface area contributed by atoms with E-state index >= 15 is 0 Å². The lowest BCUT2D eigenvalue weighted by atomic mass is 10.2. The van der Waals surface area contributed by atoms with Gasteiger partial charge in [-0.25, -0.2) is 4.98 Å². The fourth-order valence-electron chi connectivity index (χ4n) is 2.13. The van der Waals surface area contributed by atoms with Crippen LogP contribution in [0.5, 0.6) is 0 Å². The summed E-state index contributed by atoms with van der Waals surface area (Å²) in [4.78, 5) is 6.71. The maximum absolute atomic E-state index is 8.75. The molecule has 0 bridgehead atoms. The number of unbranched alkanes of at least 4 members (excludes halogenated alkanes) is 2. The number of halogens is 1. The first-order chi connectivity index (χ1) is 10.2. The van der Waals surface area contributed by atoms with E-state index in [9.17, 15) is 0 Å². The molecule has 1 aromatic heterocycles. The van der Waals surface area contributed by atoms with E-state index in [1.807, 2.05) is 24.3 Å². The van der Waals surface area contributed by atoms with Gasteiger partial charge in [-0.05, 0) is 57.1 Å². The molecule has 114 valence electrons. The Balaban J connectivity index is 1.86. The quantitative estimate of drug-likeness (QED) is 0.757. The average molecular weight is 309 g/mol. The van der Waals surface area contributed by atoms with Crippen LogP contribution in [0.2, 0.25) is 5.02 Å². The highest BCUT2D eigenvalue weighted by Crippen LogP contribution is 2.21. The minimum absolute atomic E-state index is 0.275. The van der Waals surface area contributed by atoms with E-state index in [1.54, 1.807) is 6.26 Å². The number of hydrogen-bond acceptors (Lipinski definition) is 4. The minimum Gasteiger partial charge on any atom is -0.444 e. The van der Waals surface area contributed by atoms with E-state index in [4.69, 9.17) is 21.1 Å². The lowest BCUT2D eigenvalue weighted by Crippen LogP contribution is -2.19. The van der Waals surface area contributed by atoms with Crippen molar-refractivity contribution in [1.29, 1.82) is 0 Å². The molecule has 1 heterocycles. The van der Waals surface area contributed by atoms with Crippen molar-refractivity contribution in [3.05, 3.63) is 41.2 Å². The molecule has 0 saturated heterocycles. The van der Waals surface area contributed by atoms with Gasteiger partial charge in [-0.2, -0.15) is 0 Å². The van der Waals surface area contributed by atoms with Crippen LogP contribution >= 0.6 is 11.6 Å². The summed E-state index contributed by atoms with van der Waals surface area (Å²) >= 11 is 5.87. The standard InChI is InChI=1S/C16H21ClN2O2/c1-19(9-3-2-4-10-20)11-15-12-21-16(18-15)13-5-7-14(17)8-6-13/h5-8,12,20H,2-4,9-11H2,1H3. The molecule has 0 aliphatic rings. The van der Waals surface area contributed by atoms with Crippen LogP contribution in [-0.2, 0) is 6.54 Å². The zero-order chi connectivity index (χ0) is 15.1. The summed E-state index contributed by atoms with van der Waals surface area (Å²) in [5, 5.41) is 9.45. The molecular weight excluding hydrogens is 288 g/mol. The van der Waals surface area contributed by atoms with Crippen molar-refractivity contribution in [2.24, 2.45) is 0 Å². The fourth-order valence-corrected chi connectivity index (χ4v) is 2.26. The second-order valence-corrected chi connectivity index (χ2v) is 5.61. The highest BCUT2D eigenvalue weighted by atomic mass is 35.5. The Kier molecular flexibility index (Phi) is 6.23. The number of aromatic nitrogens is 1. The van der Waals surface area contributed by atoms with Gasteiger partial charge in [0.15, 0.2) is 0 Å². The monoisotopic (exact) mass is 308 g/mol. The van der Waals surface area contributed by atoms with Crippen LogP contribution in [-0.4, -0.2) is 35.2 Å². The Hall–Kier alpha value is -1.36. The molecule has 0 fully saturated rings. The topological polar surface area (TPSA) is 49.5 Å². The van der Waals surface area contributed by atoms with Gasteiger partial charge in [-0.1, -0.05) is 11.6 Å². The van der Waals surface area contributed by atoms with E-state index in [0.717, 1.165) is 43.6 Å². The van der Waals surface area contributed by atoms with E-state index in [1.165, 1.54) is 0 Å². The van der Waals surface area contributed by atoms with Crippen molar-refractivity contribution in [1.82, 2.24) is 9.88 Å². The molecule has 5 heteroatoms. The first-order valence-electron chi connectivity index (χ1n) is 7.19. The lowest BCUT2D eigenvalue weighted by molar-refractivity contribution is 0.270. The van der Waals surface area contributed by atoms with Crippen molar-refractivity contribution in [3.8, 4) is 11.5 Å². The van der Waals surface area contributed by atoms with Crippen LogP contribution < -0.4 is 0 Å². The molecule has 0 aliphatic heterocycles. The first kappa shape index (κ1) is 16.0. The molecule has 0 unspecified atom stereocenters. The largest absolute Gasteiger partial charge is 0.444 e. The number of hydrogen-bond donors (Lipinski definition) is 1. The molecule has 0 amide bonds. The van der Waals surface area contributed by atoms with Gasteiger partial charge < -0.3 is 14.4 Å². The number of oxazole rings is 1. The predicted molar refractivity (Wildman–Crippen MR) is 84.2 cm³/mol. The van der Waals surface area contributed by atoms with Crippen molar-refractivity contribution < 1.29 is 9.52 Å².